The zero-order valence-electron chi connectivity index (χ0n) is 19.8. The Morgan fingerprint density at radius 3 is 2.65 bits per heavy atom. The van der Waals surface area contributed by atoms with Crippen molar-refractivity contribution in [3.8, 4) is 28.5 Å². The highest BCUT2D eigenvalue weighted by Crippen LogP contribution is 2.45. The molecule has 0 bridgehead atoms. The second-order valence-electron chi connectivity index (χ2n) is 8.11. The summed E-state index contributed by atoms with van der Waals surface area (Å²) in [5.41, 5.74) is 3.13. The number of H-pyrrole nitrogens is 1. The molecule has 2 N–H and O–H groups in total. The maximum atomic E-state index is 13.3. The topological polar surface area (TPSA) is 96.9 Å². The number of phenols is 1. The van der Waals surface area contributed by atoms with Crippen LogP contribution in [0.5, 0.6) is 17.2 Å². The first-order chi connectivity index (χ1) is 16.6. The number of carbonyl (C=O) groups is 1. The zero-order valence-corrected chi connectivity index (χ0v) is 19.8. The van der Waals surface area contributed by atoms with E-state index in [0.717, 1.165) is 24.0 Å². The number of aromatic amines is 1. The van der Waals surface area contributed by atoms with Gasteiger partial charge in [0.1, 0.15) is 17.1 Å². The van der Waals surface area contributed by atoms with Crippen LogP contribution in [-0.4, -0.2) is 59.6 Å². The number of aromatic nitrogens is 2. The van der Waals surface area contributed by atoms with Gasteiger partial charge in [-0.05, 0) is 43.2 Å². The fourth-order valence-electron chi connectivity index (χ4n) is 4.25. The number of hydrogen-bond acceptors (Lipinski definition) is 6. The summed E-state index contributed by atoms with van der Waals surface area (Å²) < 4.78 is 17.1. The van der Waals surface area contributed by atoms with Crippen molar-refractivity contribution in [1.29, 1.82) is 0 Å². The van der Waals surface area contributed by atoms with Crippen molar-refractivity contribution in [2.45, 2.75) is 32.7 Å². The summed E-state index contributed by atoms with van der Waals surface area (Å²) in [5, 5.41) is 17.8. The van der Waals surface area contributed by atoms with Crippen LogP contribution in [0.2, 0.25) is 0 Å². The number of carbonyl (C=O) groups excluding carboxylic acids is 1. The quantitative estimate of drug-likeness (QED) is 0.403. The van der Waals surface area contributed by atoms with E-state index < -0.39 is 6.04 Å². The number of unbranched alkanes of at least 4 members (excludes halogenated alkanes) is 1. The Kier molecular flexibility index (Phi) is 7.37. The number of benzene rings is 2. The molecule has 2 aromatic carbocycles. The van der Waals surface area contributed by atoms with E-state index in [-0.39, 0.29) is 11.7 Å². The predicted molar refractivity (Wildman–Crippen MR) is 128 cm³/mol. The molecule has 1 amide bonds. The largest absolute Gasteiger partial charge is 0.507 e. The molecule has 8 nitrogen and oxygen atoms in total. The van der Waals surface area contributed by atoms with Crippen LogP contribution < -0.4 is 9.47 Å². The van der Waals surface area contributed by atoms with E-state index in [9.17, 15) is 9.90 Å². The summed E-state index contributed by atoms with van der Waals surface area (Å²) in [4.78, 5) is 15.1. The third kappa shape index (κ3) is 4.46. The van der Waals surface area contributed by atoms with Gasteiger partial charge in [0.25, 0.3) is 5.91 Å². The highest BCUT2D eigenvalue weighted by atomic mass is 16.5. The summed E-state index contributed by atoms with van der Waals surface area (Å²) in [5.74, 6) is 1.26. The molecule has 0 fully saturated rings. The number of methoxy groups -OCH3 is 1. The molecule has 0 radical (unpaired) electrons. The maximum Gasteiger partial charge on any atom is 0.273 e. The molecule has 0 unspecified atom stereocenters. The zero-order chi connectivity index (χ0) is 24.1. The number of fused-ring (bicyclic) bond motifs is 1. The molecule has 0 spiro atoms. The smallest absolute Gasteiger partial charge is 0.273 e. The second kappa shape index (κ2) is 10.6. The lowest BCUT2D eigenvalue weighted by molar-refractivity contribution is 0.0677. The molecular formula is C26H31N3O5. The third-order valence-corrected chi connectivity index (χ3v) is 5.90. The van der Waals surface area contributed by atoms with Crippen molar-refractivity contribution in [1.82, 2.24) is 15.1 Å². The van der Waals surface area contributed by atoms with Gasteiger partial charge < -0.3 is 24.2 Å². The Bertz CT molecular complexity index is 1140. The Morgan fingerprint density at radius 1 is 1.09 bits per heavy atom. The Labute approximate surface area is 199 Å². The van der Waals surface area contributed by atoms with Gasteiger partial charge in [-0.15, -0.1) is 0 Å². The van der Waals surface area contributed by atoms with Crippen LogP contribution >= 0.6 is 0 Å². The van der Waals surface area contributed by atoms with Crippen LogP contribution in [0.3, 0.4) is 0 Å². The van der Waals surface area contributed by atoms with E-state index >= 15 is 0 Å². The number of nitrogens with one attached hydrogen (secondary N) is 1. The number of phenolic OH excluding ortho intramolecular Hbond substituents is 1. The van der Waals surface area contributed by atoms with Crippen molar-refractivity contribution in [2.75, 3.05) is 33.5 Å². The standard InChI is InChI=1S/C26H31N3O5/c1-4-6-14-34-20-12-11-17(16-21(20)33-5-2)25-22-23(18-9-7-8-10-19(18)30)27-28-24(22)26(31)29(25)13-15-32-3/h7-12,16,25,30H,4-6,13-15H2,1-3H3,(H,27,28)/t25-/m0/s1. The van der Waals surface area contributed by atoms with Crippen LogP contribution in [0.15, 0.2) is 42.5 Å². The van der Waals surface area contributed by atoms with Gasteiger partial charge in [-0.25, -0.2) is 0 Å². The average Bonchev–Trinajstić information content (AvgIpc) is 3.38. The molecule has 1 aromatic heterocycles. The van der Waals surface area contributed by atoms with Crippen molar-refractivity contribution in [3.05, 3.63) is 59.3 Å². The second-order valence-corrected chi connectivity index (χ2v) is 8.11. The minimum atomic E-state index is -0.421. The first-order valence-corrected chi connectivity index (χ1v) is 11.7. The van der Waals surface area contributed by atoms with Crippen LogP contribution in [0, 0.1) is 0 Å². The van der Waals surface area contributed by atoms with Crippen molar-refractivity contribution < 1.29 is 24.1 Å². The molecule has 0 aliphatic carbocycles. The molecule has 180 valence electrons. The molecule has 8 heteroatoms. The van der Waals surface area contributed by atoms with E-state index in [1.165, 1.54) is 0 Å². The number of amides is 1. The third-order valence-electron chi connectivity index (χ3n) is 5.90. The minimum absolute atomic E-state index is 0.105. The molecule has 34 heavy (non-hydrogen) atoms. The lowest BCUT2D eigenvalue weighted by Crippen LogP contribution is -2.32. The fraction of sp³-hybridized carbons (Fsp3) is 0.385. The molecule has 3 aromatic rings. The molecule has 2 heterocycles. The van der Waals surface area contributed by atoms with Gasteiger partial charge in [-0.3, -0.25) is 9.89 Å². The van der Waals surface area contributed by atoms with E-state index in [1.54, 1.807) is 30.2 Å². The van der Waals surface area contributed by atoms with Gasteiger partial charge in [-0.2, -0.15) is 5.10 Å². The Morgan fingerprint density at radius 2 is 1.91 bits per heavy atom. The molecule has 1 aliphatic rings. The molecule has 4 rings (SSSR count). The Balaban J connectivity index is 1.81. The first kappa shape index (κ1) is 23.6. The van der Waals surface area contributed by atoms with Gasteiger partial charge in [0.15, 0.2) is 11.5 Å². The predicted octanol–water partition coefficient (Wildman–Crippen LogP) is 4.55. The summed E-state index contributed by atoms with van der Waals surface area (Å²) in [7, 11) is 1.61. The summed E-state index contributed by atoms with van der Waals surface area (Å²) in [6.07, 6.45) is 2.00. The van der Waals surface area contributed by atoms with E-state index in [2.05, 4.69) is 17.1 Å². The van der Waals surface area contributed by atoms with Gasteiger partial charge in [0.05, 0.1) is 25.9 Å². The minimum Gasteiger partial charge on any atom is -0.507 e. The highest BCUT2D eigenvalue weighted by molar-refractivity contribution is 6.00. The summed E-state index contributed by atoms with van der Waals surface area (Å²) >= 11 is 0. The highest BCUT2D eigenvalue weighted by Gasteiger charge is 2.42. The van der Waals surface area contributed by atoms with Crippen LogP contribution in [-0.2, 0) is 4.74 Å². The summed E-state index contributed by atoms with van der Waals surface area (Å²) in [6.45, 7) is 5.94. The molecule has 0 saturated heterocycles. The normalized spacial score (nSPS) is 15.0. The number of ether oxygens (including phenoxy) is 3. The first-order valence-electron chi connectivity index (χ1n) is 11.7. The molecular weight excluding hydrogens is 434 g/mol. The summed E-state index contributed by atoms with van der Waals surface area (Å²) in [6, 6.07) is 12.4. The number of hydrogen-bond donors (Lipinski definition) is 2. The fourth-order valence-corrected chi connectivity index (χ4v) is 4.25. The number of aromatic hydroxyl groups is 1. The van der Waals surface area contributed by atoms with E-state index in [0.29, 0.717) is 54.8 Å². The van der Waals surface area contributed by atoms with Gasteiger partial charge >= 0.3 is 0 Å². The molecule has 1 atom stereocenters. The monoisotopic (exact) mass is 465 g/mol. The SMILES string of the molecule is CCCCOc1ccc([C@H]2c3c(-c4ccccc4O)n[nH]c3C(=O)N2CCOC)cc1OCC. The number of para-hydroxylation sites is 1. The van der Waals surface area contributed by atoms with Crippen molar-refractivity contribution >= 4 is 5.91 Å². The van der Waals surface area contributed by atoms with Crippen molar-refractivity contribution in [3.63, 3.8) is 0 Å². The van der Waals surface area contributed by atoms with Gasteiger partial charge in [-0.1, -0.05) is 31.5 Å². The molecule has 1 aliphatic heterocycles. The van der Waals surface area contributed by atoms with Crippen LogP contribution in [0.25, 0.3) is 11.3 Å². The van der Waals surface area contributed by atoms with Crippen molar-refractivity contribution in [2.24, 2.45) is 0 Å². The molecule has 0 saturated carbocycles. The number of rotatable bonds is 11. The lowest BCUT2D eigenvalue weighted by atomic mass is 9.95. The van der Waals surface area contributed by atoms with Crippen LogP contribution in [0.4, 0.5) is 0 Å². The van der Waals surface area contributed by atoms with Gasteiger partial charge in [0, 0.05) is 24.8 Å². The maximum absolute atomic E-state index is 13.3. The number of nitrogens with zero attached hydrogens (tertiary/aromatic N) is 2. The average molecular weight is 466 g/mol. The Hall–Kier alpha value is -3.52. The van der Waals surface area contributed by atoms with Crippen LogP contribution in [0.1, 0.15) is 54.3 Å². The van der Waals surface area contributed by atoms with E-state index in [1.807, 2.05) is 31.2 Å². The van der Waals surface area contributed by atoms with Gasteiger partial charge in [0.2, 0.25) is 0 Å². The van der Waals surface area contributed by atoms with E-state index in [4.69, 9.17) is 14.2 Å². The lowest BCUT2D eigenvalue weighted by Gasteiger charge is -2.27.